The highest BCUT2D eigenvalue weighted by Gasteiger charge is 2.25. The van der Waals surface area contributed by atoms with Crippen LogP contribution in [0.15, 0.2) is 71.3 Å². The van der Waals surface area contributed by atoms with E-state index in [-0.39, 0.29) is 18.4 Å². The molecule has 0 atom stereocenters. The smallest absolute Gasteiger partial charge is 0.265 e. The van der Waals surface area contributed by atoms with Gasteiger partial charge in [0.1, 0.15) is 11.5 Å². The minimum absolute atomic E-state index is 0.0320. The predicted octanol–water partition coefficient (Wildman–Crippen LogP) is 3.14. The Bertz CT molecular complexity index is 949. The predicted molar refractivity (Wildman–Crippen MR) is 99.4 cm³/mol. The van der Waals surface area contributed by atoms with Crippen LogP contribution in [0.3, 0.4) is 0 Å². The molecule has 0 spiro atoms. The van der Waals surface area contributed by atoms with Crippen molar-refractivity contribution >= 4 is 17.5 Å². The van der Waals surface area contributed by atoms with E-state index >= 15 is 0 Å². The molecule has 0 saturated heterocycles. The Morgan fingerprint density at radius 1 is 1.04 bits per heavy atom. The number of para-hydroxylation sites is 2. The molecular weight excluding hydrogens is 344 g/mol. The van der Waals surface area contributed by atoms with Crippen molar-refractivity contribution in [3.63, 3.8) is 0 Å². The van der Waals surface area contributed by atoms with Gasteiger partial charge < -0.3 is 19.4 Å². The van der Waals surface area contributed by atoms with Gasteiger partial charge in [0, 0.05) is 5.56 Å². The number of hydrogen-bond acceptors (Lipinski definition) is 4. The summed E-state index contributed by atoms with van der Waals surface area (Å²) >= 11 is 0. The summed E-state index contributed by atoms with van der Waals surface area (Å²) in [6, 6.07) is 18.3. The molecule has 2 heterocycles. The Hall–Kier alpha value is -3.54. The normalized spacial score (nSPS) is 13.0. The lowest BCUT2D eigenvalue weighted by Gasteiger charge is -2.29. The third kappa shape index (κ3) is 3.69. The highest BCUT2D eigenvalue weighted by atomic mass is 16.5. The largest absolute Gasteiger partial charge is 0.482 e. The van der Waals surface area contributed by atoms with Gasteiger partial charge in [-0.3, -0.25) is 9.59 Å². The van der Waals surface area contributed by atoms with Crippen molar-refractivity contribution < 1.29 is 18.7 Å². The van der Waals surface area contributed by atoms with Crippen molar-refractivity contribution in [1.82, 2.24) is 5.32 Å². The summed E-state index contributed by atoms with van der Waals surface area (Å²) in [6.45, 7) is 0.796. The number of nitrogens with one attached hydrogen (secondary N) is 1. The highest BCUT2D eigenvalue weighted by molar-refractivity contribution is 5.98. The van der Waals surface area contributed by atoms with E-state index in [0.29, 0.717) is 30.2 Å². The summed E-state index contributed by atoms with van der Waals surface area (Å²) in [7, 11) is 0. The molecule has 136 valence electrons. The van der Waals surface area contributed by atoms with Gasteiger partial charge in [-0.15, -0.1) is 0 Å². The van der Waals surface area contributed by atoms with Crippen molar-refractivity contribution in [3.8, 4) is 5.75 Å². The minimum Gasteiger partial charge on any atom is -0.482 e. The molecule has 2 amide bonds. The van der Waals surface area contributed by atoms with Gasteiger partial charge in [-0.1, -0.05) is 24.3 Å². The third-order valence-electron chi connectivity index (χ3n) is 4.37. The zero-order valence-corrected chi connectivity index (χ0v) is 14.6. The van der Waals surface area contributed by atoms with Crippen molar-refractivity contribution in [1.29, 1.82) is 0 Å². The maximum atomic E-state index is 12.3. The van der Waals surface area contributed by atoms with Crippen LogP contribution < -0.4 is 15.0 Å². The monoisotopic (exact) mass is 362 g/mol. The second kappa shape index (κ2) is 7.37. The van der Waals surface area contributed by atoms with Gasteiger partial charge in [-0.2, -0.15) is 0 Å². The van der Waals surface area contributed by atoms with E-state index in [1.165, 1.54) is 0 Å². The Morgan fingerprint density at radius 3 is 2.63 bits per heavy atom. The number of nitrogens with zero attached hydrogens (tertiary/aromatic N) is 1. The molecule has 6 heteroatoms. The van der Waals surface area contributed by atoms with E-state index in [0.717, 1.165) is 11.3 Å². The molecule has 6 nitrogen and oxygen atoms in total. The second-order valence-corrected chi connectivity index (χ2v) is 6.20. The number of anilines is 1. The van der Waals surface area contributed by atoms with Crippen LogP contribution in [0.4, 0.5) is 5.69 Å². The summed E-state index contributed by atoms with van der Waals surface area (Å²) in [4.78, 5) is 26.2. The fourth-order valence-corrected chi connectivity index (χ4v) is 2.95. The highest BCUT2D eigenvalue weighted by Crippen LogP contribution is 2.32. The fourth-order valence-electron chi connectivity index (χ4n) is 2.95. The first-order chi connectivity index (χ1) is 13.2. The molecule has 0 fully saturated rings. The zero-order valence-electron chi connectivity index (χ0n) is 14.6. The zero-order chi connectivity index (χ0) is 18.6. The number of rotatable bonds is 5. The first-order valence-electron chi connectivity index (χ1n) is 8.62. The molecule has 0 unspecified atom stereocenters. The lowest BCUT2D eigenvalue weighted by molar-refractivity contribution is -0.121. The number of carbonyl (C=O) groups is 2. The van der Waals surface area contributed by atoms with E-state index in [1.807, 2.05) is 36.4 Å². The summed E-state index contributed by atoms with van der Waals surface area (Å²) in [5.41, 5.74) is 2.25. The van der Waals surface area contributed by atoms with Crippen LogP contribution in [0, 0.1) is 0 Å². The topological polar surface area (TPSA) is 71.8 Å². The lowest BCUT2D eigenvalue weighted by Crippen LogP contribution is -2.38. The van der Waals surface area contributed by atoms with Gasteiger partial charge in [0.2, 0.25) is 0 Å². The summed E-state index contributed by atoms with van der Waals surface area (Å²) in [5, 5.41) is 2.81. The molecule has 0 bridgehead atoms. The summed E-state index contributed by atoms with van der Waals surface area (Å²) < 4.78 is 10.7. The number of carbonyl (C=O) groups excluding carboxylic acids is 2. The van der Waals surface area contributed by atoms with Crippen molar-refractivity contribution in [2.24, 2.45) is 0 Å². The van der Waals surface area contributed by atoms with Crippen LogP contribution in [0.5, 0.6) is 5.75 Å². The van der Waals surface area contributed by atoms with Crippen LogP contribution in [0.1, 0.15) is 21.7 Å². The first kappa shape index (κ1) is 16.9. The SMILES string of the molecule is O=C(NCc1ccco1)c1ccc(CN2C(=O)COc3ccccc32)cc1. The second-order valence-electron chi connectivity index (χ2n) is 6.20. The van der Waals surface area contributed by atoms with Crippen molar-refractivity contribution in [2.45, 2.75) is 13.1 Å². The van der Waals surface area contributed by atoms with E-state index in [2.05, 4.69) is 5.32 Å². The molecule has 0 saturated carbocycles. The quantitative estimate of drug-likeness (QED) is 0.757. The average Bonchev–Trinajstić information content (AvgIpc) is 3.22. The van der Waals surface area contributed by atoms with Crippen LogP contribution in [0.2, 0.25) is 0 Å². The lowest BCUT2D eigenvalue weighted by atomic mass is 10.1. The van der Waals surface area contributed by atoms with Crippen molar-refractivity contribution in [3.05, 3.63) is 83.8 Å². The van der Waals surface area contributed by atoms with E-state index < -0.39 is 0 Å². The minimum atomic E-state index is -0.175. The van der Waals surface area contributed by atoms with Gasteiger partial charge in [-0.25, -0.2) is 0 Å². The van der Waals surface area contributed by atoms with Crippen LogP contribution >= 0.6 is 0 Å². The number of benzene rings is 2. The Balaban J connectivity index is 1.43. The molecule has 1 aliphatic heterocycles. The molecule has 1 aromatic heterocycles. The standard InChI is InChI=1S/C21H18N2O4/c24-20-14-27-19-6-2-1-5-18(19)23(20)13-15-7-9-16(10-8-15)21(25)22-12-17-4-3-11-26-17/h1-11H,12-14H2,(H,22,25). The Kier molecular flexibility index (Phi) is 4.61. The van der Waals surface area contributed by atoms with Gasteiger partial charge in [0.25, 0.3) is 11.8 Å². The van der Waals surface area contributed by atoms with Crippen LogP contribution in [0.25, 0.3) is 0 Å². The van der Waals surface area contributed by atoms with Crippen LogP contribution in [-0.4, -0.2) is 18.4 Å². The van der Waals surface area contributed by atoms with E-state index in [9.17, 15) is 9.59 Å². The first-order valence-corrected chi connectivity index (χ1v) is 8.62. The summed E-state index contributed by atoms with van der Waals surface area (Å²) in [5.74, 6) is 1.13. The third-order valence-corrected chi connectivity index (χ3v) is 4.37. The molecule has 0 aliphatic carbocycles. The van der Waals surface area contributed by atoms with E-state index in [1.54, 1.807) is 35.4 Å². The molecule has 1 aliphatic rings. The van der Waals surface area contributed by atoms with Gasteiger partial charge in [0.05, 0.1) is 25.0 Å². The van der Waals surface area contributed by atoms with Crippen LogP contribution in [-0.2, 0) is 17.9 Å². The molecule has 4 rings (SSSR count). The fraction of sp³-hybridized carbons (Fsp3) is 0.143. The number of ether oxygens (including phenoxy) is 1. The summed E-state index contributed by atoms with van der Waals surface area (Å²) in [6.07, 6.45) is 1.57. The van der Waals surface area contributed by atoms with E-state index in [4.69, 9.17) is 9.15 Å². The maximum Gasteiger partial charge on any atom is 0.265 e. The van der Waals surface area contributed by atoms with Gasteiger partial charge in [-0.05, 0) is 42.0 Å². The molecule has 3 aromatic rings. The van der Waals surface area contributed by atoms with Crippen molar-refractivity contribution in [2.75, 3.05) is 11.5 Å². The number of furan rings is 1. The number of hydrogen-bond donors (Lipinski definition) is 1. The molecule has 2 aromatic carbocycles. The molecule has 1 N–H and O–H groups in total. The Morgan fingerprint density at radius 2 is 1.85 bits per heavy atom. The number of fused-ring (bicyclic) bond motifs is 1. The number of amides is 2. The van der Waals surface area contributed by atoms with Gasteiger partial charge >= 0.3 is 0 Å². The maximum absolute atomic E-state index is 12.3. The van der Waals surface area contributed by atoms with Gasteiger partial charge in [0.15, 0.2) is 6.61 Å². The molecular formula is C21H18N2O4. The molecule has 27 heavy (non-hydrogen) atoms. The molecule has 0 radical (unpaired) electrons. The Labute approximate surface area is 156 Å². The average molecular weight is 362 g/mol.